The summed E-state index contributed by atoms with van der Waals surface area (Å²) >= 11 is 0. The second-order valence-electron chi connectivity index (χ2n) is 6.79. The zero-order chi connectivity index (χ0) is 18.1. The van der Waals surface area contributed by atoms with Crippen LogP contribution in [0.2, 0.25) is 0 Å². The van der Waals surface area contributed by atoms with Gasteiger partial charge in [0.15, 0.2) is 11.5 Å². The molecule has 0 aliphatic carbocycles. The van der Waals surface area contributed by atoms with Crippen molar-refractivity contribution in [1.82, 2.24) is 34.5 Å². The summed E-state index contributed by atoms with van der Waals surface area (Å²) in [5.41, 5.74) is 2.68. The Hall–Kier alpha value is -3.29. The third-order valence-electron chi connectivity index (χ3n) is 5.17. The number of aromatic nitrogens is 7. The van der Waals surface area contributed by atoms with Crippen molar-refractivity contribution in [2.75, 3.05) is 18.0 Å². The number of anilines is 1. The number of pyridine rings is 1. The smallest absolute Gasteiger partial charge is 0.182 e. The summed E-state index contributed by atoms with van der Waals surface area (Å²) in [6, 6.07) is 6.02. The van der Waals surface area contributed by atoms with Gasteiger partial charge in [-0.15, -0.1) is 0 Å². The van der Waals surface area contributed by atoms with Crippen molar-refractivity contribution < 1.29 is 0 Å². The molecule has 8 heteroatoms. The van der Waals surface area contributed by atoms with Crippen molar-refractivity contribution in [3.8, 4) is 0 Å². The first-order valence-electron chi connectivity index (χ1n) is 9.18. The summed E-state index contributed by atoms with van der Waals surface area (Å²) in [4.78, 5) is 27.5. The molecule has 5 heterocycles. The van der Waals surface area contributed by atoms with Gasteiger partial charge in [0, 0.05) is 37.6 Å². The Balaban J connectivity index is 1.31. The zero-order valence-electron chi connectivity index (χ0n) is 14.9. The number of rotatable bonds is 4. The molecular formula is C19H20N8. The van der Waals surface area contributed by atoms with Crippen LogP contribution in [0.5, 0.6) is 0 Å². The number of nitrogens with one attached hydrogen (secondary N) is 1. The standard InChI is InChI=1S/C19H20N8/c1-2-6-20-15(3-1)11-27-10-7-21-18(27)14-4-8-26(9-5-14)19-16-17(23-12-22-16)24-13-25-19/h1-3,6-7,10,12-14H,4-5,8-9,11H2,(H,22,23,24,25). The van der Waals surface area contributed by atoms with Crippen LogP contribution >= 0.6 is 0 Å². The molecule has 4 aromatic rings. The lowest BCUT2D eigenvalue weighted by Gasteiger charge is -2.32. The molecule has 136 valence electrons. The van der Waals surface area contributed by atoms with Gasteiger partial charge in [0.1, 0.15) is 17.7 Å². The van der Waals surface area contributed by atoms with Gasteiger partial charge in [0.25, 0.3) is 0 Å². The van der Waals surface area contributed by atoms with Crippen LogP contribution in [-0.4, -0.2) is 47.6 Å². The lowest BCUT2D eigenvalue weighted by molar-refractivity contribution is 0.468. The predicted octanol–water partition coefficient (Wildman–Crippen LogP) is 2.38. The Labute approximate surface area is 156 Å². The Morgan fingerprint density at radius 1 is 1.00 bits per heavy atom. The van der Waals surface area contributed by atoms with Gasteiger partial charge >= 0.3 is 0 Å². The maximum absolute atomic E-state index is 4.65. The maximum atomic E-state index is 4.65. The summed E-state index contributed by atoms with van der Waals surface area (Å²) in [5, 5.41) is 0. The van der Waals surface area contributed by atoms with Crippen molar-refractivity contribution in [1.29, 1.82) is 0 Å². The van der Waals surface area contributed by atoms with Crippen molar-refractivity contribution in [2.24, 2.45) is 0 Å². The Morgan fingerprint density at radius 2 is 1.93 bits per heavy atom. The molecule has 4 aromatic heterocycles. The van der Waals surface area contributed by atoms with E-state index < -0.39 is 0 Å². The third-order valence-corrected chi connectivity index (χ3v) is 5.17. The number of hydrogen-bond acceptors (Lipinski definition) is 6. The Morgan fingerprint density at radius 3 is 2.78 bits per heavy atom. The fourth-order valence-corrected chi connectivity index (χ4v) is 3.82. The second-order valence-corrected chi connectivity index (χ2v) is 6.79. The van der Waals surface area contributed by atoms with Crippen LogP contribution in [0.3, 0.4) is 0 Å². The highest BCUT2D eigenvalue weighted by molar-refractivity contribution is 5.82. The van der Waals surface area contributed by atoms with E-state index in [1.807, 2.05) is 24.5 Å². The van der Waals surface area contributed by atoms with E-state index in [1.54, 1.807) is 12.7 Å². The molecule has 0 radical (unpaired) electrons. The van der Waals surface area contributed by atoms with Crippen molar-refractivity contribution in [3.05, 3.63) is 61.0 Å². The van der Waals surface area contributed by atoms with Crippen molar-refractivity contribution in [3.63, 3.8) is 0 Å². The average molecular weight is 360 g/mol. The topological polar surface area (TPSA) is 88.4 Å². The Kier molecular flexibility index (Phi) is 4.00. The molecule has 8 nitrogen and oxygen atoms in total. The van der Waals surface area contributed by atoms with E-state index in [-0.39, 0.29) is 0 Å². The minimum atomic E-state index is 0.444. The normalized spacial score (nSPS) is 15.5. The summed E-state index contributed by atoms with van der Waals surface area (Å²) in [6.45, 7) is 2.63. The highest BCUT2D eigenvalue weighted by Gasteiger charge is 2.26. The van der Waals surface area contributed by atoms with Gasteiger partial charge in [-0.1, -0.05) is 6.07 Å². The molecule has 0 spiro atoms. The number of nitrogens with zero attached hydrogens (tertiary/aromatic N) is 7. The van der Waals surface area contributed by atoms with Crippen molar-refractivity contribution in [2.45, 2.75) is 25.3 Å². The number of piperidine rings is 1. The van der Waals surface area contributed by atoms with Crippen LogP contribution in [0.15, 0.2) is 49.4 Å². The Bertz CT molecular complexity index is 1030. The minimum absolute atomic E-state index is 0.444. The first-order valence-corrected chi connectivity index (χ1v) is 9.18. The molecule has 1 N–H and O–H groups in total. The van der Waals surface area contributed by atoms with Crippen LogP contribution in [0.4, 0.5) is 5.82 Å². The molecule has 5 rings (SSSR count). The van der Waals surface area contributed by atoms with Gasteiger partial charge < -0.3 is 14.5 Å². The number of hydrogen-bond donors (Lipinski definition) is 1. The van der Waals surface area contributed by atoms with Crippen LogP contribution in [0.1, 0.15) is 30.3 Å². The largest absolute Gasteiger partial charge is 0.355 e. The van der Waals surface area contributed by atoms with Gasteiger partial charge in [0.2, 0.25) is 0 Å². The monoisotopic (exact) mass is 360 g/mol. The molecule has 27 heavy (non-hydrogen) atoms. The number of H-pyrrole nitrogens is 1. The first-order chi connectivity index (χ1) is 13.4. The van der Waals surface area contributed by atoms with Gasteiger partial charge in [-0.3, -0.25) is 4.98 Å². The molecule has 0 atom stereocenters. The molecule has 0 bridgehead atoms. The lowest BCUT2D eigenvalue weighted by atomic mass is 9.95. The fourth-order valence-electron chi connectivity index (χ4n) is 3.82. The van der Waals surface area contributed by atoms with E-state index in [9.17, 15) is 0 Å². The number of imidazole rings is 2. The molecule has 1 fully saturated rings. The SMILES string of the molecule is c1ccc(Cn2ccnc2C2CCN(c3ncnc4nc[nH]c34)CC2)nc1. The molecule has 0 aromatic carbocycles. The molecule has 1 saturated heterocycles. The molecular weight excluding hydrogens is 340 g/mol. The van der Waals surface area contributed by atoms with Crippen LogP contribution in [0, 0.1) is 0 Å². The lowest BCUT2D eigenvalue weighted by Crippen LogP contribution is -2.34. The first kappa shape index (κ1) is 15.9. The summed E-state index contributed by atoms with van der Waals surface area (Å²) in [6.07, 6.45) is 11.1. The molecule has 1 aliphatic rings. The van der Waals surface area contributed by atoms with E-state index in [2.05, 4.69) is 51.6 Å². The predicted molar refractivity (Wildman–Crippen MR) is 101 cm³/mol. The van der Waals surface area contributed by atoms with Gasteiger partial charge in [-0.25, -0.2) is 19.9 Å². The molecule has 0 amide bonds. The number of fused-ring (bicyclic) bond motifs is 1. The van der Waals surface area contributed by atoms with E-state index in [0.29, 0.717) is 11.6 Å². The third kappa shape index (κ3) is 3.03. The van der Waals surface area contributed by atoms with Gasteiger partial charge in [-0.2, -0.15) is 0 Å². The maximum Gasteiger partial charge on any atom is 0.182 e. The van der Waals surface area contributed by atoms with Crippen LogP contribution in [-0.2, 0) is 6.54 Å². The summed E-state index contributed by atoms with van der Waals surface area (Å²) in [7, 11) is 0. The zero-order valence-corrected chi connectivity index (χ0v) is 14.9. The highest BCUT2D eigenvalue weighted by Crippen LogP contribution is 2.30. The van der Waals surface area contributed by atoms with E-state index in [4.69, 9.17) is 0 Å². The van der Waals surface area contributed by atoms with E-state index >= 15 is 0 Å². The summed E-state index contributed by atoms with van der Waals surface area (Å²) < 4.78 is 2.22. The average Bonchev–Trinajstić information content (AvgIpc) is 3.38. The van der Waals surface area contributed by atoms with Crippen LogP contribution < -0.4 is 4.90 Å². The number of aromatic amines is 1. The molecule has 0 unspecified atom stereocenters. The second kappa shape index (κ2) is 6.79. The minimum Gasteiger partial charge on any atom is -0.355 e. The van der Waals surface area contributed by atoms with Crippen LogP contribution in [0.25, 0.3) is 11.2 Å². The molecule has 1 aliphatic heterocycles. The van der Waals surface area contributed by atoms with E-state index in [1.165, 1.54) is 0 Å². The van der Waals surface area contributed by atoms with Gasteiger partial charge in [0.05, 0.1) is 18.6 Å². The molecule has 0 saturated carbocycles. The van der Waals surface area contributed by atoms with E-state index in [0.717, 1.165) is 55.3 Å². The fraction of sp³-hybridized carbons (Fsp3) is 0.316. The highest BCUT2D eigenvalue weighted by atomic mass is 15.2. The quantitative estimate of drug-likeness (QED) is 0.601. The van der Waals surface area contributed by atoms with Gasteiger partial charge in [-0.05, 0) is 25.0 Å². The summed E-state index contributed by atoms with van der Waals surface area (Å²) in [5.74, 6) is 2.53. The van der Waals surface area contributed by atoms with Crippen molar-refractivity contribution >= 4 is 17.0 Å².